The Hall–Kier alpha value is -3.65. The maximum Gasteiger partial charge on any atom is 0.352 e. The zero-order valence-corrected chi connectivity index (χ0v) is 22.8. The number of hydrogen-bond acceptors (Lipinski definition) is 8. The molecular formula is C27H29ClFN5O7. The first-order valence-corrected chi connectivity index (χ1v) is 13.7. The second-order valence-corrected chi connectivity index (χ2v) is 10.8. The van der Waals surface area contributed by atoms with E-state index in [4.69, 9.17) is 16.4 Å². The van der Waals surface area contributed by atoms with Gasteiger partial charge in [0.15, 0.2) is 0 Å². The molecule has 0 saturated carbocycles. The minimum Gasteiger partial charge on any atom is -0.354 e. The summed E-state index contributed by atoms with van der Waals surface area (Å²) in [6.07, 6.45) is 2.06. The summed E-state index contributed by atoms with van der Waals surface area (Å²) in [5, 5.41) is 23.0. The Kier molecular flexibility index (Phi) is 8.50. The number of carbonyl (C=O) groups is 3. The lowest BCUT2D eigenvalue weighted by Crippen LogP contribution is -2.54. The van der Waals surface area contributed by atoms with Gasteiger partial charge in [0, 0.05) is 42.8 Å². The summed E-state index contributed by atoms with van der Waals surface area (Å²) < 4.78 is 13.7. The van der Waals surface area contributed by atoms with Crippen LogP contribution in [0, 0.1) is 21.8 Å². The van der Waals surface area contributed by atoms with Gasteiger partial charge in [-0.3, -0.25) is 24.6 Å². The number of amides is 4. The van der Waals surface area contributed by atoms with Gasteiger partial charge in [0.1, 0.15) is 6.04 Å². The van der Waals surface area contributed by atoms with Crippen LogP contribution in [0.25, 0.3) is 0 Å². The molecule has 2 aromatic carbocycles. The molecule has 218 valence electrons. The Labute approximate surface area is 239 Å². The van der Waals surface area contributed by atoms with E-state index in [1.807, 2.05) is 24.3 Å². The molecule has 3 fully saturated rings. The second-order valence-electron chi connectivity index (χ2n) is 10.4. The molecular weight excluding hydrogens is 561 g/mol. The number of benzene rings is 2. The van der Waals surface area contributed by atoms with Crippen LogP contribution in [-0.2, 0) is 16.1 Å². The summed E-state index contributed by atoms with van der Waals surface area (Å²) >= 11 is 5.95. The minimum absolute atomic E-state index is 0.0131. The molecule has 5 rings (SSSR count). The summed E-state index contributed by atoms with van der Waals surface area (Å²) in [5.41, 5.74) is 0.270. The number of nitrogens with zero attached hydrogens (tertiary/aromatic N) is 5. The molecule has 1 N–H and O–H groups in total. The lowest BCUT2D eigenvalue weighted by atomic mass is 9.91. The van der Waals surface area contributed by atoms with Gasteiger partial charge in [-0.2, -0.15) is 4.39 Å². The fourth-order valence-corrected chi connectivity index (χ4v) is 5.59. The number of aliphatic hydroxyl groups excluding tert-OH is 1. The Morgan fingerprint density at radius 1 is 1.12 bits per heavy atom. The molecule has 12 nitrogen and oxygen atoms in total. The zero-order chi connectivity index (χ0) is 29.3. The number of fused-ring (bicyclic) bond motifs is 1. The highest BCUT2D eigenvalue weighted by Gasteiger charge is 2.50. The van der Waals surface area contributed by atoms with Crippen molar-refractivity contribution < 1.29 is 33.6 Å². The van der Waals surface area contributed by atoms with E-state index < -0.39 is 46.7 Å². The number of urea groups is 1. The number of hydroxylamine groups is 2. The minimum atomic E-state index is -1.50. The van der Waals surface area contributed by atoms with Gasteiger partial charge in [-0.25, -0.2) is 9.63 Å². The molecule has 0 radical (unpaired) electrons. The first-order valence-electron chi connectivity index (χ1n) is 13.3. The topological polar surface area (TPSA) is 137 Å². The van der Waals surface area contributed by atoms with Crippen LogP contribution in [0.4, 0.5) is 14.9 Å². The normalized spacial score (nSPS) is 20.9. The van der Waals surface area contributed by atoms with E-state index in [0.717, 1.165) is 43.9 Å². The monoisotopic (exact) mass is 589 g/mol. The number of imide groups is 1. The van der Waals surface area contributed by atoms with E-state index >= 15 is 0 Å². The summed E-state index contributed by atoms with van der Waals surface area (Å²) in [6.45, 7) is 0.950. The van der Waals surface area contributed by atoms with Crippen LogP contribution in [0.2, 0.25) is 5.02 Å². The Bertz CT molecular complexity index is 1340. The third-order valence-corrected chi connectivity index (χ3v) is 8.13. The third kappa shape index (κ3) is 6.17. The largest absolute Gasteiger partial charge is 0.354 e. The van der Waals surface area contributed by atoms with Crippen LogP contribution in [0.15, 0.2) is 42.5 Å². The average molecular weight is 590 g/mol. The molecule has 0 bridgehead atoms. The number of likely N-dealkylation sites (tertiary alicyclic amines) is 1. The van der Waals surface area contributed by atoms with Crippen molar-refractivity contribution >= 4 is 35.1 Å². The van der Waals surface area contributed by atoms with Gasteiger partial charge in [-0.15, -0.1) is 5.06 Å². The van der Waals surface area contributed by atoms with Crippen molar-refractivity contribution in [3.05, 3.63) is 74.5 Å². The summed E-state index contributed by atoms with van der Waals surface area (Å²) in [4.78, 5) is 58.7. The number of aliphatic hydroxyl groups is 1. The van der Waals surface area contributed by atoms with Crippen LogP contribution < -0.4 is 0 Å². The molecule has 14 heteroatoms. The number of rotatable bonds is 8. The van der Waals surface area contributed by atoms with Gasteiger partial charge in [0.25, 0.3) is 11.8 Å². The molecule has 3 aliphatic rings. The SMILES string of the molecule is O=C(c1ccc(F)c([N+](=O)[O-])c1)N1CCN2C(=O)N(OC(O)N3CCC(CCc4ccc(Cl)cc4)CC3)C(=O)C2C1. The number of nitro groups is 1. The number of halogens is 2. The number of piperidine rings is 1. The Balaban J connectivity index is 1.14. The van der Waals surface area contributed by atoms with Gasteiger partial charge in [-0.1, -0.05) is 23.7 Å². The van der Waals surface area contributed by atoms with Crippen molar-refractivity contribution in [2.75, 3.05) is 32.7 Å². The van der Waals surface area contributed by atoms with Gasteiger partial charge in [-0.05, 0) is 61.4 Å². The number of aryl methyl sites for hydroxylation is 1. The van der Waals surface area contributed by atoms with E-state index in [2.05, 4.69) is 0 Å². The summed E-state index contributed by atoms with van der Waals surface area (Å²) in [5.74, 6) is -1.97. The van der Waals surface area contributed by atoms with Gasteiger partial charge >= 0.3 is 11.7 Å². The van der Waals surface area contributed by atoms with Crippen molar-refractivity contribution in [2.45, 2.75) is 38.1 Å². The number of piperazine rings is 1. The molecule has 2 unspecified atom stereocenters. The lowest BCUT2D eigenvalue weighted by Gasteiger charge is -2.35. The van der Waals surface area contributed by atoms with Crippen molar-refractivity contribution in [2.24, 2.45) is 5.92 Å². The van der Waals surface area contributed by atoms with Crippen LogP contribution in [0.1, 0.15) is 35.2 Å². The maximum absolute atomic E-state index is 13.7. The smallest absolute Gasteiger partial charge is 0.352 e. The molecule has 3 aliphatic heterocycles. The van der Waals surface area contributed by atoms with Crippen molar-refractivity contribution in [1.82, 2.24) is 19.8 Å². The van der Waals surface area contributed by atoms with Crippen LogP contribution in [-0.4, -0.2) is 92.8 Å². The van der Waals surface area contributed by atoms with Crippen LogP contribution >= 0.6 is 11.6 Å². The lowest BCUT2D eigenvalue weighted by molar-refractivity contribution is -0.387. The zero-order valence-electron chi connectivity index (χ0n) is 22.0. The highest BCUT2D eigenvalue weighted by atomic mass is 35.5. The van der Waals surface area contributed by atoms with Crippen LogP contribution in [0.3, 0.4) is 0 Å². The van der Waals surface area contributed by atoms with Crippen molar-refractivity contribution in [3.63, 3.8) is 0 Å². The number of carbonyl (C=O) groups excluding carboxylic acids is 3. The molecule has 4 amide bonds. The molecule has 3 heterocycles. The van der Waals surface area contributed by atoms with E-state index in [-0.39, 0.29) is 25.2 Å². The molecule has 0 aliphatic carbocycles. The molecule has 2 atom stereocenters. The van der Waals surface area contributed by atoms with Gasteiger partial charge in [0.2, 0.25) is 12.2 Å². The molecule has 0 aromatic heterocycles. The van der Waals surface area contributed by atoms with E-state index in [0.29, 0.717) is 29.1 Å². The predicted molar refractivity (Wildman–Crippen MR) is 143 cm³/mol. The van der Waals surface area contributed by atoms with E-state index in [1.54, 1.807) is 4.90 Å². The van der Waals surface area contributed by atoms with Gasteiger partial charge < -0.3 is 14.9 Å². The van der Waals surface area contributed by atoms with Crippen molar-refractivity contribution in [1.29, 1.82) is 0 Å². The fraction of sp³-hybridized carbons (Fsp3) is 0.444. The molecule has 3 saturated heterocycles. The highest BCUT2D eigenvalue weighted by molar-refractivity contribution is 6.30. The quantitative estimate of drug-likeness (QED) is 0.215. The molecule has 2 aromatic rings. The second kappa shape index (κ2) is 12.1. The summed E-state index contributed by atoms with van der Waals surface area (Å²) in [7, 11) is 0. The molecule has 41 heavy (non-hydrogen) atoms. The highest BCUT2D eigenvalue weighted by Crippen LogP contribution is 2.28. The Morgan fingerprint density at radius 3 is 2.51 bits per heavy atom. The molecule has 0 spiro atoms. The standard InChI is InChI=1S/C27H29ClFN5O7/c28-20-6-3-17(4-7-20)1-2-18-9-11-30(12-10-18)27(38)41-33-25(36)23-16-31(13-14-32(23)26(33)37)24(35)19-5-8-21(29)22(15-19)34(39)40/h3-8,15,18,23,27,38H,1-2,9-14,16H2. The fourth-order valence-electron chi connectivity index (χ4n) is 5.46. The van der Waals surface area contributed by atoms with E-state index in [9.17, 15) is 34.0 Å². The number of nitro benzene ring substituents is 1. The summed E-state index contributed by atoms with van der Waals surface area (Å²) in [6, 6.07) is 8.80. The van der Waals surface area contributed by atoms with Crippen molar-refractivity contribution in [3.8, 4) is 0 Å². The number of hydrogen-bond donors (Lipinski definition) is 1. The average Bonchev–Trinajstić information content (AvgIpc) is 3.21. The third-order valence-electron chi connectivity index (χ3n) is 7.88. The predicted octanol–water partition coefficient (Wildman–Crippen LogP) is 3.03. The first kappa shape index (κ1) is 28.9. The van der Waals surface area contributed by atoms with Crippen LogP contribution in [0.5, 0.6) is 0 Å². The first-order chi connectivity index (χ1) is 19.6. The van der Waals surface area contributed by atoms with E-state index in [1.165, 1.54) is 15.4 Å². The Morgan fingerprint density at radius 2 is 1.83 bits per heavy atom. The van der Waals surface area contributed by atoms with Gasteiger partial charge in [0.05, 0.1) is 11.5 Å². The maximum atomic E-state index is 13.7.